The summed E-state index contributed by atoms with van der Waals surface area (Å²) in [5.74, 6) is -0.591. The lowest BCUT2D eigenvalue weighted by atomic mass is 9.91. The van der Waals surface area contributed by atoms with E-state index in [4.69, 9.17) is 9.84 Å². The summed E-state index contributed by atoms with van der Waals surface area (Å²) in [4.78, 5) is 21.2. The molecule has 19 heavy (non-hydrogen) atoms. The highest BCUT2D eigenvalue weighted by Crippen LogP contribution is 2.33. The molecule has 0 aromatic carbocycles. The summed E-state index contributed by atoms with van der Waals surface area (Å²) in [5, 5.41) is 9.14. The van der Waals surface area contributed by atoms with Crippen LogP contribution in [-0.4, -0.2) is 46.3 Å². The molecule has 0 aliphatic carbocycles. The Bertz CT molecular complexity index is 522. The van der Waals surface area contributed by atoms with Crippen LogP contribution in [0.1, 0.15) is 23.3 Å². The van der Waals surface area contributed by atoms with Crippen LogP contribution in [0.15, 0.2) is 24.5 Å². The Labute approximate surface area is 110 Å². The van der Waals surface area contributed by atoms with Gasteiger partial charge in [0.1, 0.15) is 0 Å². The van der Waals surface area contributed by atoms with E-state index >= 15 is 0 Å². The Morgan fingerprint density at radius 1 is 1.32 bits per heavy atom. The molecule has 3 rings (SSSR count). The predicted molar refractivity (Wildman–Crippen MR) is 68.3 cm³/mol. The first-order valence-corrected chi connectivity index (χ1v) is 6.31. The van der Waals surface area contributed by atoms with Crippen molar-refractivity contribution in [1.82, 2.24) is 9.97 Å². The van der Waals surface area contributed by atoms with Crippen molar-refractivity contribution >= 4 is 11.8 Å². The molecule has 100 valence electrons. The lowest BCUT2D eigenvalue weighted by Gasteiger charge is -2.38. The lowest BCUT2D eigenvalue weighted by Crippen LogP contribution is -2.44. The van der Waals surface area contributed by atoms with E-state index in [1.54, 1.807) is 0 Å². The van der Waals surface area contributed by atoms with Crippen LogP contribution in [0.3, 0.4) is 0 Å². The van der Waals surface area contributed by atoms with E-state index < -0.39 is 5.97 Å². The zero-order valence-corrected chi connectivity index (χ0v) is 10.5. The molecule has 0 bridgehead atoms. The number of anilines is 1. The highest BCUT2D eigenvalue weighted by Gasteiger charge is 2.36. The average molecular weight is 261 g/mol. The molecule has 0 amide bonds. The molecule has 2 aliphatic rings. The summed E-state index contributed by atoms with van der Waals surface area (Å²) >= 11 is 0. The molecule has 1 N–H and O–H groups in total. The Balaban J connectivity index is 1.78. The fraction of sp³-hybridized carbons (Fsp3) is 0.462. The molecule has 6 heteroatoms. The normalized spacial score (nSPS) is 20.9. The minimum absolute atomic E-state index is 0.0151. The summed E-state index contributed by atoms with van der Waals surface area (Å²) < 4.78 is 5.75. The fourth-order valence-electron chi connectivity index (χ4n) is 2.65. The van der Waals surface area contributed by atoms with Crippen molar-refractivity contribution in [2.24, 2.45) is 0 Å². The zero-order valence-electron chi connectivity index (χ0n) is 10.5. The summed E-state index contributed by atoms with van der Waals surface area (Å²) in [5.41, 5.74) is -0.136. The standard InChI is InChI=1S/C13H15N3O3/c17-12(18)10-11(15-6-5-14-10)16-7-3-13(4-8-16)2-1-9-19-13/h1-2,5-6H,3-4,7-9H2,(H,17,18). The maximum Gasteiger partial charge on any atom is 0.358 e. The van der Waals surface area contributed by atoms with E-state index in [0.717, 1.165) is 25.9 Å². The highest BCUT2D eigenvalue weighted by molar-refractivity contribution is 5.90. The van der Waals surface area contributed by atoms with Crippen LogP contribution in [-0.2, 0) is 4.74 Å². The van der Waals surface area contributed by atoms with Crippen molar-refractivity contribution in [2.45, 2.75) is 18.4 Å². The molecule has 1 fully saturated rings. The van der Waals surface area contributed by atoms with Crippen molar-refractivity contribution in [3.05, 3.63) is 30.2 Å². The number of piperidine rings is 1. The number of ether oxygens (including phenoxy) is 1. The topological polar surface area (TPSA) is 75.5 Å². The molecule has 3 heterocycles. The largest absolute Gasteiger partial charge is 0.476 e. The molecule has 0 atom stereocenters. The number of hydrogen-bond donors (Lipinski definition) is 1. The van der Waals surface area contributed by atoms with E-state index in [1.165, 1.54) is 12.4 Å². The Morgan fingerprint density at radius 3 is 2.68 bits per heavy atom. The summed E-state index contributed by atoms with van der Waals surface area (Å²) in [6.45, 7) is 2.12. The summed E-state index contributed by atoms with van der Waals surface area (Å²) in [7, 11) is 0. The van der Waals surface area contributed by atoms with Gasteiger partial charge in [0, 0.05) is 25.5 Å². The van der Waals surface area contributed by atoms with E-state index in [1.807, 2.05) is 11.0 Å². The van der Waals surface area contributed by atoms with E-state index in [9.17, 15) is 4.79 Å². The fourth-order valence-corrected chi connectivity index (χ4v) is 2.65. The van der Waals surface area contributed by atoms with Gasteiger partial charge in [-0.05, 0) is 12.8 Å². The minimum Gasteiger partial charge on any atom is -0.476 e. The molecular weight excluding hydrogens is 246 g/mol. The van der Waals surface area contributed by atoms with Crippen molar-refractivity contribution in [2.75, 3.05) is 24.6 Å². The first-order chi connectivity index (χ1) is 9.20. The summed E-state index contributed by atoms with van der Waals surface area (Å²) in [6.07, 6.45) is 8.79. The van der Waals surface area contributed by atoms with E-state index in [2.05, 4.69) is 16.0 Å². The van der Waals surface area contributed by atoms with Gasteiger partial charge in [-0.15, -0.1) is 0 Å². The third kappa shape index (κ3) is 2.19. The average Bonchev–Trinajstić information content (AvgIpc) is 2.88. The zero-order chi connectivity index (χ0) is 13.3. The number of hydrogen-bond acceptors (Lipinski definition) is 5. The number of carboxylic acid groups (broad SMARTS) is 1. The minimum atomic E-state index is -1.04. The summed E-state index contributed by atoms with van der Waals surface area (Å²) in [6, 6.07) is 0. The monoisotopic (exact) mass is 261 g/mol. The van der Waals surface area contributed by atoms with Crippen LogP contribution in [0.25, 0.3) is 0 Å². The molecule has 0 saturated carbocycles. The Hall–Kier alpha value is -1.95. The van der Waals surface area contributed by atoms with Gasteiger partial charge in [0.2, 0.25) is 0 Å². The van der Waals surface area contributed by atoms with Gasteiger partial charge in [0.25, 0.3) is 0 Å². The molecule has 0 radical (unpaired) electrons. The van der Waals surface area contributed by atoms with Gasteiger partial charge in [-0.25, -0.2) is 14.8 Å². The molecule has 1 aromatic heterocycles. The van der Waals surface area contributed by atoms with Gasteiger partial charge in [0.05, 0.1) is 12.2 Å². The van der Waals surface area contributed by atoms with Gasteiger partial charge in [0.15, 0.2) is 11.5 Å². The number of carbonyl (C=O) groups is 1. The van der Waals surface area contributed by atoms with Crippen LogP contribution in [0.5, 0.6) is 0 Å². The van der Waals surface area contributed by atoms with Crippen LogP contribution in [0.4, 0.5) is 5.82 Å². The third-order valence-electron chi connectivity index (χ3n) is 3.68. The number of aromatic nitrogens is 2. The van der Waals surface area contributed by atoms with Crippen LogP contribution in [0.2, 0.25) is 0 Å². The quantitative estimate of drug-likeness (QED) is 0.803. The van der Waals surface area contributed by atoms with Gasteiger partial charge < -0.3 is 14.7 Å². The first-order valence-electron chi connectivity index (χ1n) is 6.31. The van der Waals surface area contributed by atoms with Crippen molar-refractivity contribution in [3.8, 4) is 0 Å². The van der Waals surface area contributed by atoms with Crippen molar-refractivity contribution < 1.29 is 14.6 Å². The Morgan fingerprint density at radius 2 is 2.05 bits per heavy atom. The van der Waals surface area contributed by atoms with Crippen molar-refractivity contribution in [1.29, 1.82) is 0 Å². The maximum absolute atomic E-state index is 11.1. The lowest BCUT2D eigenvalue weighted by molar-refractivity contribution is 0.00715. The maximum atomic E-state index is 11.1. The van der Waals surface area contributed by atoms with E-state index in [-0.39, 0.29) is 11.3 Å². The van der Waals surface area contributed by atoms with Gasteiger partial charge in [-0.2, -0.15) is 0 Å². The molecule has 0 unspecified atom stereocenters. The SMILES string of the molecule is O=C(O)c1nccnc1N1CCC2(C=CCO2)CC1. The molecule has 1 spiro atoms. The smallest absolute Gasteiger partial charge is 0.358 e. The number of aromatic carboxylic acids is 1. The van der Waals surface area contributed by atoms with E-state index in [0.29, 0.717) is 12.4 Å². The number of carboxylic acids is 1. The van der Waals surface area contributed by atoms with Gasteiger partial charge in [-0.3, -0.25) is 0 Å². The van der Waals surface area contributed by atoms with Crippen LogP contribution >= 0.6 is 0 Å². The van der Waals surface area contributed by atoms with Crippen molar-refractivity contribution in [3.63, 3.8) is 0 Å². The molecule has 2 aliphatic heterocycles. The Kier molecular flexibility index (Phi) is 2.94. The number of nitrogens with zero attached hydrogens (tertiary/aromatic N) is 3. The first kappa shape index (κ1) is 12.1. The van der Waals surface area contributed by atoms with Gasteiger partial charge >= 0.3 is 5.97 Å². The number of rotatable bonds is 2. The second kappa shape index (κ2) is 4.62. The third-order valence-corrected chi connectivity index (χ3v) is 3.68. The molecule has 6 nitrogen and oxygen atoms in total. The van der Waals surface area contributed by atoms with Gasteiger partial charge in [-0.1, -0.05) is 12.2 Å². The van der Waals surface area contributed by atoms with Crippen LogP contribution < -0.4 is 4.90 Å². The highest BCUT2D eigenvalue weighted by atomic mass is 16.5. The predicted octanol–water partition coefficient (Wildman–Crippen LogP) is 1.10. The molecule has 1 aromatic rings. The molecule has 1 saturated heterocycles. The second-order valence-electron chi connectivity index (χ2n) is 4.80. The molecular formula is C13H15N3O3. The van der Waals surface area contributed by atoms with Crippen LogP contribution in [0, 0.1) is 0 Å². The second-order valence-corrected chi connectivity index (χ2v) is 4.80.